The van der Waals surface area contributed by atoms with Crippen LogP contribution in [0.4, 0.5) is 18.9 Å². The Balaban J connectivity index is 2.24. The monoisotopic (exact) mass is 215 g/mol. The van der Waals surface area contributed by atoms with Gasteiger partial charge in [-0.15, -0.1) is 0 Å². The van der Waals surface area contributed by atoms with E-state index in [2.05, 4.69) is 5.32 Å². The fourth-order valence-corrected chi connectivity index (χ4v) is 1.81. The first-order chi connectivity index (χ1) is 7.00. The molecule has 0 amide bonds. The normalized spacial score (nSPS) is 19.9. The number of fused-ring (bicyclic) bond motifs is 1. The highest BCUT2D eigenvalue weighted by atomic mass is 19.4. The second-order valence-corrected chi connectivity index (χ2v) is 3.79. The topological polar surface area (TPSA) is 12.0 Å². The summed E-state index contributed by atoms with van der Waals surface area (Å²) in [5.74, 6) is 0. The molecule has 0 bridgehead atoms. The maximum absolute atomic E-state index is 12.4. The predicted molar refractivity (Wildman–Crippen MR) is 53.0 cm³/mol. The van der Waals surface area contributed by atoms with E-state index in [0.29, 0.717) is 5.69 Å². The molecule has 1 unspecified atom stereocenters. The Morgan fingerprint density at radius 2 is 2.13 bits per heavy atom. The molecule has 1 atom stereocenters. The smallest absolute Gasteiger partial charge is 0.373 e. The van der Waals surface area contributed by atoms with Crippen LogP contribution in [0.1, 0.15) is 18.1 Å². The third-order valence-electron chi connectivity index (χ3n) is 2.73. The molecule has 0 radical (unpaired) electrons. The summed E-state index contributed by atoms with van der Waals surface area (Å²) in [4.78, 5) is 0. The van der Waals surface area contributed by atoms with Crippen LogP contribution in [0.15, 0.2) is 18.2 Å². The van der Waals surface area contributed by atoms with Gasteiger partial charge in [0.05, 0.1) is 0 Å². The minimum Gasteiger partial charge on any atom is -0.373 e. The molecule has 0 fully saturated rings. The molecule has 1 N–H and O–H groups in total. The van der Waals surface area contributed by atoms with Crippen LogP contribution < -0.4 is 5.32 Å². The molecule has 1 aliphatic rings. The van der Waals surface area contributed by atoms with E-state index in [1.54, 1.807) is 12.1 Å². The highest BCUT2D eigenvalue weighted by molar-refractivity contribution is 5.58. The van der Waals surface area contributed by atoms with Crippen LogP contribution in [0, 0.1) is 0 Å². The lowest BCUT2D eigenvalue weighted by Gasteiger charge is -2.14. The Labute approximate surface area is 86.3 Å². The van der Waals surface area contributed by atoms with Gasteiger partial charge in [0.2, 0.25) is 0 Å². The van der Waals surface area contributed by atoms with Gasteiger partial charge in [0.15, 0.2) is 0 Å². The number of benzene rings is 1. The SMILES string of the molecule is CCc1ccc2c(c1)NC(C(F)(F)F)C2. The van der Waals surface area contributed by atoms with Crippen LogP contribution in [0.2, 0.25) is 0 Å². The van der Waals surface area contributed by atoms with Gasteiger partial charge in [-0.05, 0) is 23.6 Å². The summed E-state index contributed by atoms with van der Waals surface area (Å²) < 4.78 is 37.3. The van der Waals surface area contributed by atoms with E-state index < -0.39 is 12.2 Å². The van der Waals surface area contributed by atoms with Crippen LogP contribution >= 0.6 is 0 Å². The summed E-state index contributed by atoms with van der Waals surface area (Å²) >= 11 is 0. The van der Waals surface area contributed by atoms with Gasteiger partial charge in [0, 0.05) is 12.1 Å². The second-order valence-electron chi connectivity index (χ2n) is 3.79. The largest absolute Gasteiger partial charge is 0.408 e. The zero-order valence-corrected chi connectivity index (χ0v) is 8.36. The molecule has 0 aliphatic carbocycles. The Kier molecular flexibility index (Phi) is 2.37. The number of halogens is 3. The van der Waals surface area contributed by atoms with Gasteiger partial charge in [-0.25, -0.2) is 0 Å². The van der Waals surface area contributed by atoms with Crippen LogP contribution in [-0.2, 0) is 12.8 Å². The van der Waals surface area contributed by atoms with Crippen molar-refractivity contribution >= 4 is 5.69 Å². The summed E-state index contributed by atoms with van der Waals surface area (Å²) in [6.07, 6.45) is -3.28. The number of hydrogen-bond donors (Lipinski definition) is 1. The molecule has 0 saturated heterocycles. The molecule has 1 aromatic rings. The van der Waals surface area contributed by atoms with Crippen molar-refractivity contribution in [3.8, 4) is 0 Å². The Morgan fingerprint density at radius 1 is 1.40 bits per heavy atom. The molecular weight excluding hydrogens is 203 g/mol. The zero-order valence-electron chi connectivity index (χ0n) is 8.36. The molecular formula is C11H12F3N. The lowest BCUT2D eigenvalue weighted by molar-refractivity contribution is -0.140. The minimum atomic E-state index is -4.16. The van der Waals surface area contributed by atoms with E-state index in [1.807, 2.05) is 13.0 Å². The maximum Gasteiger partial charge on any atom is 0.408 e. The Hall–Kier alpha value is -1.19. The average molecular weight is 215 g/mol. The van der Waals surface area contributed by atoms with Crippen molar-refractivity contribution < 1.29 is 13.2 Å². The number of aryl methyl sites for hydroxylation is 1. The fraction of sp³-hybridized carbons (Fsp3) is 0.455. The van der Waals surface area contributed by atoms with E-state index in [1.165, 1.54) is 0 Å². The number of alkyl halides is 3. The number of rotatable bonds is 1. The number of nitrogens with one attached hydrogen (secondary N) is 1. The van der Waals surface area contributed by atoms with Crippen molar-refractivity contribution in [3.63, 3.8) is 0 Å². The van der Waals surface area contributed by atoms with E-state index in [0.717, 1.165) is 17.5 Å². The van der Waals surface area contributed by atoms with Crippen molar-refractivity contribution in [2.24, 2.45) is 0 Å². The Morgan fingerprint density at radius 3 is 2.73 bits per heavy atom. The molecule has 2 rings (SSSR count). The summed E-state index contributed by atoms with van der Waals surface area (Å²) in [5, 5.41) is 2.52. The summed E-state index contributed by atoms with van der Waals surface area (Å²) in [6, 6.07) is 4.06. The third kappa shape index (κ3) is 1.94. The molecule has 0 spiro atoms. The van der Waals surface area contributed by atoms with Crippen molar-refractivity contribution in [3.05, 3.63) is 29.3 Å². The molecule has 15 heavy (non-hydrogen) atoms. The standard InChI is InChI=1S/C11H12F3N/c1-2-7-3-4-8-6-10(11(12,13)14)15-9(8)5-7/h3-5,10,15H,2,6H2,1H3. The Bertz CT molecular complexity index is 371. The zero-order chi connectivity index (χ0) is 11.1. The van der Waals surface area contributed by atoms with Crippen LogP contribution in [-0.4, -0.2) is 12.2 Å². The molecule has 82 valence electrons. The van der Waals surface area contributed by atoms with Crippen molar-refractivity contribution in [2.75, 3.05) is 5.32 Å². The molecule has 0 aromatic heterocycles. The fourth-order valence-electron chi connectivity index (χ4n) is 1.81. The molecule has 1 nitrogen and oxygen atoms in total. The third-order valence-corrected chi connectivity index (χ3v) is 2.73. The molecule has 1 aromatic carbocycles. The molecule has 0 saturated carbocycles. The highest BCUT2D eigenvalue weighted by Gasteiger charge is 2.42. The van der Waals surface area contributed by atoms with Gasteiger partial charge < -0.3 is 5.32 Å². The quantitative estimate of drug-likeness (QED) is 0.758. The summed E-state index contributed by atoms with van der Waals surface area (Å²) in [7, 11) is 0. The first kappa shape index (κ1) is 10.3. The first-order valence-electron chi connectivity index (χ1n) is 4.95. The van der Waals surface area contributed by atoms with Crippen molar-refractivity contribution in [1.82, 2.24) is 0 Å². The van der Waals surface area contributed by atoms with E-state index in [4.69, 9.17) is 0 Å². The van der Waals surface area contributed by atoms with Crippen LogP contribution in [0.25, 0.3) is 0 Å². The van der Waals surface area contributed by atoms with E-state index in [9.17, 15) is 13.2 Å². The minimum absolute atomic E-state index is 0.0445. The van der Waals surface area contributed by atoms with E-state index in [-0.39, 0.29) is 6.42 Å². The van der Waals surface area contributed by atoms with Gasteiger partial charge in [-0.2, -0.15) is 13.2 Å². The van der Waals surface area contributed by atoms with Gasteiger partial charge in [-0.3, -0.25) is 0 Å². The molecule has 1 aliphatic heterocycles. The maximum atomic E-state index is 12.4. The number of hydrogen-bond acceptors (Lipinski definition) is 1. The lowest BCUT2D eigenvalue weighted by atomic mass is 10.1. The number of anilines is 1. The van der Waals surface area contributed by atoms with Crippen molar-refractivity contribution in [2.45, 2.75) is 32.0 Å². The lowest BCUT2D eigenvalue weighted by Crippen LogP contribution is -2.34. The van der Waals surface area contributed by atoms with Crippen LogP contribution in [0.5, 0.6) is 0 Å². The van der Waals surface area contributed by atoms with Crippen LogP contribution in [0.3, 0.4) is 0 Å². The second kappa shape index (κ2) is 3.43. The summed E-state index contributed by atoms with van der Waals surface area (Å²) in [5.41, 5.74) is 2.45. The molecule has 4 heteroatoms. The van der Waals surface area contributed by atoms with Gasteiger partial charge in [0.1, 0.15) is 6.04 Å². The highest BCUT2D eigenvalue weighted by Crippen LogP contribution is 2.34. The summed E-state index contributed by atoms with van der Waals surface area (Å²) in [6.45, 7) is 1.98. The van der Waals surface area contributed by atoms with Crippen molar-refractivity contribution in [1.29, 1.82) is 0 Å². The van der Waals surface area contributed by atoms with Gasteiger partial charge >= 0.3 is 6.18 Å². The van der Waals surface area contributed by atoms with Gasteiger partial charge in [-0.1, -0.05) is 19.1 Å². The molecule has 1 heterocycles. The first-order valence-corrected chi connectivity index (χ1v) is 4.95. The van der Waals surface area contributed by atoms with Gasteiger partial charge in [0.25, 0.3) is 0 Å². The average Bonchev–Trinajstić information content (AvgIpc) is 2.59. The van der Waals surface area contributed by atoms with E-state index >= 15 is 0 Å². The predicted octanol–water partition coefficient (Wildman–Crippen LogP) is 3.15.